The number of rotatable bonds is 7. The van der Waals surface area contributed by atoms with E-state index in [1.165, 1.54) is 29.1 Å². The summed E-state index contributed by atoms with van der Waals surface area (Å²) >= 11 is 3.39. The van der Waals surface area contributed by atoms with Crippen LogP contribution in [0.1, 0.15) is 36.7 Å². The van der Waals surface area contributed by atoms with Crippen molar-refractivity contribution in [2.24, 2.45) is 5.10 Å². The zero-order valence-corrected chi connectivity index (χ0v) is 20.1. The number of fused-ring (bicyclic) bond motifs is 1. The Morgan fingerprint density at radius 1 is 1.15 bits per heavy atom. The van der Waals surface area contributed by atoms with Gasteiger partial charge >= 0.3 is 0 Å². The summed E-state index contributed by atoms with van der Waals surface area (Å²) in [4.78, 5) is 28.7. The molecule has 0 aliphatic carbocycles. The van der Waals surface area contributed by atoms with Crippen molar-refractivity contribution in [2.75, 3.05) is 0 Å². The molecule has 0 fully saturated rings. The molecule has 0 bridgehead atoms. The van der Waals surface area contributed by atoms with E-state index in [1.54, 1.807) is 12.1 Å². The van der Waals surface area contributed by atoms with E-state index in [0.717, 1.165) is 10.0 Å². The number of ether oxygens (including phenoxy) is 1. The lowest BCUT2D eigenvalue weighted by molar-refractivity contribution is -0.384. The third kappa shape index (κ3) is 5.04. The molecule has 0 radical (unpaired) electrons. The number of non-ortho nitro benzene ring substituents is 1. The van der Waals surface area contributed by atoms with Crippen molar-refractivity contribution in [2.45, 2.75) is 26.4 Å². The van der Waals surface area contributed by atoms with Crippen LogP contribution in [0.3, 0.4) is 0 Å². The fourth-order valence-electron chi connectivity index (χ4n) is 3.39. The number of nitro groups is 1. The second-order valence-corrected chi connectivity index (χ2v) is 8.82. The molecule has 1 heterocycles. The lowest BCUT2D eigenvalue weighted by atomic mass is 10.2. The number of aromatic nitrogens is 2. The van der Waals surface area contributed by atoms with Gasteiger partial charge in [-0.2, -0.15) is 9.78 Å². The molecule has 172 valence electrons. The summed E-state index contributed by atoms with van der Waals surface area (Å²) in [5.41, 5.74) is 1.46. The average Bonchev–Trinajstić information content (AvgIpc) is 2.83. The lowest BCUT2D eigenvalue weighted by Gasteiger charge is -2.12. The summed E-state index contributed by atoms with van der Waals surface area (Å²) in [5, 5.41) is 16.1. The minimum absolute atomic E-state index is 0.0863. The first kappa shape index (κ1) is 23.3. The molecule has 0 N–H and O–H groups in total. The van der Waals surface area contributed by atoms with E-state index in [1.807, 2.05) is 50.2 Å². The van der Waals surface area contributed by atoms with E-state index in [4.69, 9.17) is 4.74 Å². The number of halogens is 1. The minimum atomic E-state index is -0.487. The third-order valence-corrected chi connectivity index (χ3v) is 5.60. The van der Waals surface area contributed by atoms with Crippen molar-refractivity contribution in [3.05, 3.63) is 109 Å². The van der Waals surface area contributed by atoms with Gasteiger partial charge in [-0.05, 0) is 29.8 Å². The predicted molar refractivity (Wildman–Crippen MR) is 135 cm³/mol. The molecule has 0 aliphatic rings. The highest BCUT2D eigenvalue weighted by Crippen LogP contribution is 2.24. The van der Waals surface area contributed by atoms with Crippen LogP contribution in [0.4, 0.5) is 5.69 Å². The van der Waals surface area contributed by atoms with Crippen molar-refractivity contribution >= 4 is 38.7 Å². The Balaban J connectivity index is 1.78. The number of hydrogen-bond acceptors (Lipinski definition) is 6. The molecule has 0 unspecified atom stereocenters. The van der Waals surface area contributed by atoms with E-state index < -0.39 is 4.92 Å². The van der Waals surface area contributed by atoms with Gasteiger partial charge in [0.2, 0.25) is 0 Å². The van der Waals surface area contributed by atoms with Crippen LogP contribution >= 0.6 is 15.9 Å². The zero-order chi connectivity index (χ0) is 24.2. The summed E-state index contributed by atoms with van der Waals surface area (Å²) in [5.74, 6) is 0.805. The SMILES string of the molecule is CC(C)c1nc2ccc(Br)cc2c(=O)n1N=Cc1cc([N+](=O)[O-])ccc1OCc1ccccc1. The van der Waals surface area contributed by atoms with Crippen LogP contribution in [0.5, 0.6) is 5.75 Å². The summed E-state index contributed by atoms with van der Waals surface area (Å²) in [6.45, 7) is 4.11. The summed E-state index contributed by atoms with van der Waals surface area (Å²) in [6.07, 6.45) is 1.39. The Hall–Kier alpha value is -3.85. The highest BCUT2D eigenvalue weighted by Gasteiger charge is 2.15. The van der Waals surface area contributed by atoms with Crippen LogP contribution in [0.15, 0.2) is 81.1 Å². The van der Waals surface area contributed by atoms with Gasteiger partial charge in [-0.1, -0.05) is 60.1 Å². The highest BCUT2D eigenvalue weighted by atomic mass is 79.9. The van der Waals surface area contributed by atoms with Gasteiger partial charge in [0.05, 0.1) is 22.0 Å². The topological polar surface area (TPSA) is 99.6 Å². The van der Waals surface area contributed by atoms with E-state index in [9.17, 15) is 14.9 Å². The Labute approximate surface area is 203 Å². The standard InChI is InChI=1S/C25H21BrN4O4/c1-16(2)24-28-22-10-8-19(26)13-21(22)25(31)29(24)27-14-18-12-20(30(32)33)9-11-23(18)34-15-17-6-4-3-5-7-17/h3-14,16H,15H2,1-2H3. The molecule has 4 aromatic rings. The molecule has 0 saturated carbocycles. The summed E-state index contributed by atoms with van der Waals surface area (Å²) in [7, 11) is 0. The number of benzene rings is 3. The summed E-state index contributed by atoms with van der Waals surface area (Å²) < 4.78 is 7.90. The fraction of sp³-hybridized carbons (Fsp3) is 0.160. The molecular weight excluding hydrogens is 500 g/mol. The number of nitro benzene ring substituents is 1. The normalized spacial score (nSPS) is 11.4. The second kappa shape index (κ2) is 9.96. The van der Waals surface area contributed by atoms with Gasteiger partial charge < -0.3 is 4.74 Å². The maximum atomic E-state index is 13.2. The van der Waals surface area contributed by atoms with Crippen LogP contribution in [0.2, 0.25) is 0 Å². The van der Waals surface area contributed by atoms with Crippen molar-refractivity contribution in [1.82, 2.24) is 9.66 Å². The monoisotopic (exact) mass is 520 g/mol. The smallest absolute Gasteiger partial charge is 0.282 e. The summed E-state index contributed by atoms with van der Waals surface area (Å²) in [6, 6.07) is 19.1. The van der Waals surface area contributed by atoms with Gasteiger partial charge in [0, 0.05) is 28.1 Å². The minimum Gasteiger partial charge on any atom is -0.488 e. The van der Waals surface area contributed by atoms with Crippen LogP contribution in [-0.4, -0.2) is 20.8 Å². The fourth-order valence-corrected chi connectivity index (χ4v) is 3.75. The van der Waals surface area contributed by atoms with E-state index in [-0.39, 0.29) is 23.8 Å². The molecule has 0 aliphatic heterocycles. The first-order valence-corrected chi connectivity index (χ1v) is 11.3. The van der Waals surface area contributed by atoms with E-state index in [2.05, 4.69) is 26.0 Å². The van der Waals surface area contributed by atoms with Crippen LogP contribution in [0, 0.1) is 10.1 Å². The van der Waals surface area contributed by atoms with Gasteiger partial charge in [-0.3, -0.25) is 14.9 Å². The number of hydrogen-bond donors (Lipinski definition) is 0. The van der Waals surface area contributed by atoms with Crippen molar-refractivity contribution < 1.29 is 9.66 Å². The molecule has 0 amide bonds. The van der Waals surface area contributed by atoms with Crippen LogP contribution in [-0.2, 0) is 6.61 Å². The molecule has 0 atom stereocenters. The first-order valence-electron chi connectivity index (χ1n) is 10.5. The number of nitrogens with zero attached hydrogens (tertiary/aromatic N) is 4. The maximum Gasteiger partial charge on any atom is 0.282 e. The molecule has 0 spiro atoms. The average molecular weight is 521 g/mol. The Kier molecular flexibility index (Phi) is 6.83. The van der Waals surface area contributed by atoms with Gasteiger partial charge in [0.1, 0.15) is 18.2 Å². The van der Waals surface area contributed by atoms with E-state index in [0.29, 0.717) is 28.0 Å². The van der Waals surface area contributed by atoms with Gasteiger partial charge in [0.15, 0.2) is 0 Å². The molecule has 9 heteroatoms. The van der Waals surface area contributed by atoms with Crippen LogP contribution < -0.4 is 10.3 Å². The van der Waals surface area contributed by atoms with Gasteiger partial charge in [-0.15, -0.1) is 0 Å². The van der Waals surface area contributed by atoms with Crippen molar-refractivity contribution in [1.29, 1.82) is 0 Å². The maximum absolute atomic E-state index is 13.2. The van der Waals surface area contributed by atoms with Crippen molar-refractivity contribution in [3.8, 4) is 5.75 Å². The molecule has 0 saturated heterocycles. The Morgan fingerprint density at radius 3 is 2.62 bits per heavy atom. The predicted octanol–water partition coefficient (Wildman–Crippen LogP) is 5.65. The Bertz CT molecular complexity index is 1450. The van der Waals surface area contributed by atoms with Crippen LogP contribution in [0.25, 0.3) is 10.9 Å². The highest BCUT2D eigenvalue weighted by molar-refractivity contribution is 9.10. The largest absolute Gasteiger partial charge is 0.488 e. The lowest BCUT2D eigenvalue weighted by Crippen LogP contribution is -2.23. The molecule has 34 heavy (non-hydrogen) atoms. The van der Waals surface area contributed by atoms with E-state index >= 15 is 0 Å². The van der Waals surface area contributed by atoms with Gasteiger partial charge in [-0.25, -0.2) is 4.98 Å². The molecule has 3 aromatic carbocycles. The quantitative estimate of drug-likeness (QED) is 0.178. The van der Waals surface area contributed by atoms with Crippen molar-refractivity contribution in [3.63, 3.8) is 0 Å². The Morgan fingerprint density at radius 2 is 1.91 bits per heavy atom. The zero-order valence-electron chi connectivity index (χ0n) is 18.5. The second-order valence-electron chi connectivity index (χ2n) is 7.90. The van der Waals surface area contributed by atoms with Gasteiger partial charge in [0.25, 0.3) is 11.2 Å². The third-order valence-electron chi connectivity index (χ3n) is 5.10. The molecule has 1 aromatic heterocycles. The molecular formula is C25H21BrN4O4. The first-order chi connectivity index (χ1) is 16.3. The molecule has 8 nitrogen and oxygen atoms in total. The molecule has 4 rings (SSSR count).